The number of carbonyl (C=O) groups is 4. The van der Waals surface area contributed by atoms with Crippen LogP contribution >= 0.6 is 0 Å². The van der Waals surface area contributed by atoms with Gasteiger partial charge in [-0.3, -0.25) is 9.59 Å². The molecule has 9 rings (SSSR count). The topological polar surface area (TPSA) is 175 Å². The number of benzene rings is 3. The predicted molar refractivity (Wildman–Crippen MR) is 217 cm³/mol. The average molecular weight is 805 g/mol. The number of hydrogen-bond acceptors (Lipinski definition) is 8. The highest BCUT2D eigenvalue weighted by molar-refractivity contribution is 6.05. The summed E-state index contributed by atoms with van der Waals surface area (Å²) < 4.78 is 25.5. The molecule has 15 heteroatoms. The first-order valence-corrected chi connectivity index (χ1v) is 20.5. The van der Waals surface area contributed by atoms with E-state index in [9.17, 15) is 19.2 Å². The second-order valence-corrected chi connectivity index (χ2v) is 17.2. The maximum Gasteiger partial charge on any atom is 0.407 e. The van der Waals surface area contributed by atoms with Crippen LogP contribution in [-0.2, 0) is 19.1 Å². The summed E-state index contributed by atoms with van der Waals surface area (Å²) in [7, 11) is 2.56. The van der Waals surface area contributed by atoms with E-state index in [1.165, 1.54) is 20.3 Å². The number of rotatable bonds is 10. The van der Waals surface area contributed by atoms with Crippen molar-refractivity contribution >= 4 is 45.8 Å². The Bertz CT molecular complexity index is 2500. The Morgan fingerprint density at radius 1 is 0.746 bits per heavy atom. The van der Waals surface area contributed by atoms with Gasteiger partial charge in [-0.15, -0.1) is 0 Å². The lowest BCUT2D eigenvalue weighted by Crippen LogP contribution is -2.52. The molecule has 2 aliphatic heterocycles. The molecule has 2 aliphatic carbocycles. The number of nitrogens with one attached hydrogen (secondary N) is 4. The molecule has 0 unspecified atom stereocenters. The van der Waals surface area contributed by atoms with Crippen LogP contribution in [0.4, 0.5) is 14.0 Å². The highest BCUT2D eigenvalue weighted by Crippen LogP contribution is 2.54. The second kappa shape index (κ2) is 14.7. The summed E-state index contributed by atoms with van der Waals surface area (Å²) in [6.07, 6.45) is 3.73. The van der Waals surface area contributed by atoms with Crippen LogP contribution in [0.3, 0.4) is 0 Å². The molecule has 4 amide bonds. The lowest BCUT2D eigenvalue weighted by atomic mass is 9.99. The van der Waals surface area contributed by atoms with E-state index in [0.717, 1.165) is 58.9 Å². The van der Waals surface area contributed by atoms with Crippen LogP contribution in [0.1, 0.15) is 77.1 Å². The van der Waals surface area contributed by atoms with Crippen molar-refractivity contribution in [1.29, 1.82) is 0 Å². The molecule has 4 heterocycles. The SMILES string of the molecule is COC(=O)N[C@H](C(=O)N1[C@@H]2C[C@@H]2C[C@H]1c1ncc(-c2ccc(-c3ccc4c(ccc5nc([C@@H]6C[C@H]7C[C@H]7N6C(=O)[C@@H](NC(=O)OC)C(C)C)[nH]c54)c3)cc2F)[nH]1)C(C)C. The maximum absolute atomic E-state index is 16.0. The monoisotopic (exact) mass is 804 g/mol. The van der Waals surface area contributed by atoms with Gasteiger partial charge in [0.1, 0.15) is 29.5 Å². The molecule has 0 spiro atoms. The van der Waals surface area contributed by atoms with Gasteiger partial charge < -0.3 is 39.9 Å². The van der Waals surface area contributed by atoms with Crippen molar-refractivity contribution in [3.05, 3.63) is 72.2 Å². The largest absolute Gasteiger partial charge is 0.453 e. The minimum absolute atomic E-state index is 0.0887. The molecule has 8 atom stereocenters. The summed E-state index contributed by atoms with van der Waals surface area (Å²) in [5.74, 6) is 1.09. The highest BCUT2D eigenvalue weighted by atomic mass is 19.1. The molecule has 59 heavy (non-hydrogen) atoms. The van der Waals surface area contributed by atoms with E-state index in [1.807, 2.05) is 73.9 Å². The van der Waals surface area contributed by atoms with Crippen molar-refractivity contribution in [3.8, 4) is 22.4 Å². The molecule has 5 aromatic rings. The van der Waals surface area contributed by atoms with Gasteiger partial charge >= 0.3 is 12.2 Å². The number of methoxy groups -OCH3 is 2. The Kier molecular flexibility index (Phi) is 9.59. The molecule has 2 aromatic heterocycles. The van der Waals surface area contributed by atoms with Crippen LogP contribution in [0.5, 0.6) is 0 Å². The first-order valence-electron chi connectivity index (χ1n) is 20.5. The molecule has 2 saturated heterocycles. The second-order valence-electron chi connectivity index (χ2n) is 17.2. The van der Waals surface area contributed by atoms with Gasteiger partial charge in [-0.25, -0.2) is 23.9 Å². The lowest BCUT2D eigenvalue weighted by molar-refractivity contribution is -0.137. The number of carbonyl (C=O) groups excluding carboxylic acids is 4. The lowest BCUT2D eigenvalue weighted by Gasteiger charge is -2.31. The van der Waals surface area contributed by atoms with E-state index >= 15 is 4.39 Å². The van der Waals surface area contributed by atoms with Crippen LogP contribution in [0.15, 0.2) is 54.7 Å². The van der Waals surface area contributed by atoms with Crippen molar-refractivity contribution in [2.24, 2.45) is 23.7 Å². The van der Waals surface area contributed by atoms with Crippen LogP contribution in [0, 0.1) is 29.5 Å². The quantitative estimate of drug-likeness (QED) is 0.117. The van der Waals surface area contributed by atoms with E-state index < -0.39 is 30.1 Å². The number of piperidine rings is 2. The van der Waals surface area contributed by atoms with Gasteiger partial charge in [-0.1, -0.05) is 52.0 Å². The summed E-state index contributed by atoms with van der Waals surface area (Å²) in [6.45, 7) is 7.58. The minimum Gasteiger partial charge on any atom is -0.453 e. The molecule has 0 radical (unpaired) electrons. The third kappa shape index (κ3) is 6.83. The van der Waals surface area contributed by atoms with Crippen LogP contribution in [0.25, 0.3) is 44.2 Å². The van der Waals surface area contributed by atoms with E-state index in [0.29, 0.717) is 34.5 Å². The number of likely N-dealkylation sites (tertiary alicyclic amines) is 2. The molecule has 14 nitrogen and oxygen atoms in total. The third-order valence-corrected chi connectivity index (χ3v) is 12.8. The Hall–Kier alpha value is -5.99. The van der Waals surface area contributed by atoms with Crippen molar-refractivity contribution in [3.63, 3.8) is 0 Å². The molecule has 4 aliphatic rings. The zero-order chi connectivity index (χ0) is 41.4. The number of aromatic nitrogens is 4. The minimum atomic E-state index is -0.741. The predicted octanol–water partition coefficient (Wildman–Crippen LogP) is 7.00. The number of alkyl carbamates (subject to hydrolysis) is 2. The van der Waals surface area contributed by atoms with Crippen LogP contribution < -0.4 is 10.6 Å². The Balaban J connectivity index is 0.939. The number of halogens is 1. The van der Waals surface area contributed by atoms with Crippen molar-refractivity contribution in [2.45, 2.75) is 89.6 Å². The van der Waals surface area contributed by atoms with E-state index in [2.05, 4.69) is 25.6 Å². The fourth-order valence-electron chi connectivity index (χ4n) is 9.48. The number of H-pyrrole nitrogens is 2. The summed E-state index contributed by atoms with van der Waals surface area (Å²) in [4.78, 5) is 72.1. The molecule has 3 aromatic carbocycles. The first-order chi connectivity index (χ1) is 28.3. The smallest absolute Gasteiger partial charge is 0.407 e. The van der Waals surface area contributed by atoms with Crippen molar-refractivity contribution in [2.75, 3.05) is 14.2 Å². The Morgan fingerprint density at radius 3 is 1.90 bits per heavy atom. The number of hydrogen-bond donors (Lipinski definition) is 4. The summed E-state index contributed by atoms with van der Waals surface area (Å²) >= 11 is 0. The Labute approximate surface area is 340 Å². The molecule has 4 N–H and O–H groups in total. The first kappa shape index (κ1) is 38.5. The molecule has 0 bridgehead atoms. The van der Waals surface area contributed by atoms with E-state index in [4.69, 9.17) is 14.5 Å². The summed E-state index contributed by atoms with van der Waals surface area (Å²) in [6, 6.07) is 13.3. The number of ether oxygens (including phenoxy) is 2. The molecular weight excluding hydrogens is 756 g/mol. The molecular formula is C44H49FN8O6. The number of amides is 4. The van der Waals surface area contributed by atoms with Gasteiger partial charge in [0.05, 0.1) is 49.2 Å². The summed E-state index contributed by atoms with van der Waals surface area (Å²) in [5.41, 5.74) is 4.09. The van der Waals surface area contributed by atoms with Gasteiger partial charge in [0.2, 0.25) is 11.8 Å². The normalized spacial score (nSPS) is 23.9. The molecule has 2 saturated carbocycles. The summed E-state index contributed by atoms with van der Waals surface area (Å²) in [5, 5.41) is 7.34. The third-order valence-electron chi connectivity index (χ3n) is 12.8. The average Bonchev–Trinajstić information content (AvgIpc) is 3.84. The molecule has 4 fully saturated rings. The van der Waals surface area contributed by atoms with Gasteiger partial charge in [-0.05, 0) is 90.1 Å². The van der Waals surface area contributed by atoms with E-state index in [-0.39, 0.29) is 47.8 Å². The Morgan fingerprint density at radius 2 is 1.32 bits per heavy atom. The van der Waals surface area contributed by atoms with Crippen molar-refractivity contribution < 1.29 is 33.0 Å². The molecule has 308 valence electrons. The van der Waals surface area contributed by atoms with Crippen LogP contribution in [0.2, 0.25) is 0 Å². The van der Waals surface area contributed by atoms with E-state index in [1.54, 1.807) is 12.3 Å². The zero-order valence-electron chi connectivity index (χ0n) is 33.9. The van der Waals surface area contributed by atoms with Gasteiger partial charge in [0, 0.05) is 23.0 Å². The fraction of sp³-hybridized carbons (Fsp3) is 0.455. The zero-order valence-corrected chi connectivity index (χ0v) is 33.9. The highest BCUT2D eigenvalue weighted by Gasteiger charge is 2.57. The number of fused-ring (bicyclic) bond motifs is 5. The van der Waals surface area contributed by atoms with Gasteiger partial charge in [-0.2, -0.15) is 0 Å². The fourth-order valence-corrected chi connectivity index (χ4v) is 9.48. The number of nitrogens with zero attached hydrogens (tertiary/aromatic N) is 4. The van der Waals surface area contributed by atoms with Crippen LogP contribution in [-0.4, -0.2) is 92.1 Å². The number of aromatic amines is 2. The number of imidazole rings is 2. The van der Waals surface area contributed by atoms with Gasteiger partial charge in [0.25, 0.3) is 0 Å². The van der Waals surface area contributed by atoms with Gasteiger partial charge in [0.15, 0.2) is 0 Å². The maximum atomic E-state index is 16.0. The van der Waals surface area contributed by atoms with Crippen molar-refractivity contribution in [1.82, 2.24) is 40.4 Å². The standard InChI is InChI=1S/C44H49FN8O6/c1-20(2)36(50-43(56)58-5)41(54)52-32-15-25(32)17-34(52)39-46-19-31(48-39)28-11-8-23(14-29(28)45)22-7-10-27-24(13-22)9-12-30-38(27)49-40(47-30)35-18-26-16-33(26)53(35)42(55)37(21(3)4)51-44(57)59-6/h7-14,19-21,25-26,32-37H,15-18H2,1-6H3,(H,46,48)(H,47,49)(H,50,56)(H,51,57)/t25-,26-,32-,33-,34+,35+,36+,37+/m1/s1.